The molecule has 0 saturated carbocycles. The van der Waals surface area contributed by atoms with Crippen molar-refractivity contribution in [2.24, 2.45) is 0 Å². The smallest absolute Gasteiger partial charge is 0.349 e. The molecule has 224 valence electrons. The predicted octanol–water partition coefficient (Wildman–Crippen LogP) is 6.06. The molecule has 1 atom stereocenters. The summed E-state index contributed by atoms with van der Waals surface area (Å²) in [6, 6.07) is 19.3. The van der Waals surface area contributed by atoms with Gasteiger partial charge < -0.3 is 5.32 Å². The molecule has 1 saturated heterocycles. The van der Waals surface area contributed by atoms with E-state index in [-0.39, 0.29) is 18.0 Å². The van der Waals surface area contributed by atoms with Crippen LogP contribution >= 0.6 is 11.8 Å². The van der Waals surface area contributed by atoms with Crippen LogP contribution in [0.25, 0.3) is 11.3 Å². The number of benzene rings is 3. The van der Waals surface area contributed by atoms with Gasteiger partial charge in [0.2, 0.25) is 15.9 Å². The first-order valence-electron chi connectivity index (χ1n) is 13.3. The molecule has 1 amide bonds. The third-order valence-electron chi connectivity index (χ3n) is 6.85. The van der Waals surface area contributed by atoms with Gasteiger partial charge in [0.25, 0.3) is 0 Å². The van der Waals surface area contributed by atoms with Crippen molar-refractivity contribution in [3.8, 4) is 11.3 Å². The maximum atomic E-state index is 13.4. The maximum absolute atomic E-state index is 13.4. The number of aromatic nitrogens is 2. The van der Waals surface area contributed by atoms with Gasteiger partial charge in [0.05, 0.1) is 28.4 Å². The number of carbonyl (C=O) groups excluding carboxylic acids is 1. The average Bonchev–Trinajstić information content (AvgIpc) is 3.51. The number of rotatable bonds is 9. The molecular formula is C30H26F4N4O3S2. The number of sulfonamides is 1. The number of hydrogen-bond donors (Lipinski definition) is 1. The first-order chi connectivity index (χ1) is 20.5. The van der Waals surface area contributed by atoms with Crippen molar-refractivity contribution in [3.63, 3.8) is 0 Å². The summed E-state index contributed by atoms with van der Waals surface area (Å²) in [6.07, 6.45) is -3.69. The number of amides is 1. The minimum Gasteiger partial charge on any atom is -0.349 e. The molecule has 0 radical (unpaired) electrons. The lowest BCUT2D eigenvalue weighted by Crippen LogP contribution is -2.45. The van der Waals surface area contributed by atoms with Crippen molar-refractivity contribution >= 4 is 27.7 Å². The third kappa shape index (κ3) is 7.40. The Morgan fingerprint density at radius 2 is 1.67 bits per heavy atom. The zero-order chi connectivity index (χ0) is 30.6. The van der Waals surface area contributed by atoms with E-state index >= 15 is 0 Å². The summed E-state index contributed by atoms with van der Waals surface area (Å²) in [5.41, 5.74) is 1.46. The van der Waals surface area contributed by atoms with Crippen LogP contribution in [0.3, 0.4) is 0 Å². The van der Waals surface area contributed by atoms with Crippen molar-refractivity contribution in [2.45, 2.75) is 47.4 Å². The molecule has 1 fully saturated rings. The van der Waals surface area contributed by atoms with Gasteiger partial charge in [-0.2, -0.15) is 17.5 Å². The summed E-state index contributed by atoms with van der Waals surface area (Å²) in [5, 5.41) is 3.13. The van der Waals surface area contributed by atoms with E-state index < -0.39 is 39.5 Å². The van der Waals surface area contributed by atoms with Crippen LogP contribution in [-0.4, -0.2) is 41.2 Å². The molecule has 3 aromatic carbocycles. The number of halogens is 4. The first kappa shape index (κ1) is 30.6. The minimum absolute atomic E-state index is 0.0607. The highest BCUT2D eigenvalue weighted by Gasteiger charge is 2.39. The summed E-state index contributed by atoms with van der Waals surface area (Å²) in [4.78, 5) is 22.2. The molecule has 13 heteroatoms. The van der Waals surface area contributed by atoms with Crippen molar-refractivity contribution in [1.82, 2.24) is 19.6 Å². The largest absolute Gasteiger partial charge is 0.416 e. The average molecular weight is 631 g/mol. The Morgan fingerprint density at radius 3 is 2.35 bits per heavy atom. The summed E-state index contributed by atoms with van der Waals surface area (Å²) in [6.45, 7) is 0.0818. The minimum atomic E-state index is -4.48. The summed E-state index contributed by atoms with van der Waals surface area (Å²) in [7, 11) is -4.03. The van der Waals surface area contributed by atoms with E-state index in [0.717, 1.165) is 46.3 Å². The molecule has 0 bridgehead atoms. The maximum Gasteiger partial charge on any atom is 0.416 e. The Kier molecular flexibility index (Phi) is 9.13. The third-order valence-corrected chi connectivity index (χ3v) is 9.69. The van der Waals surface area contributed by atoms with Gasteiger partial charge in [0.15, 0.2) is 5.16 Å². The fourth-order valence-electron chi connectivity index (χ4n) is 4.66. The first-order valence-corrected chi connectivity index (χ1v) is 15.7. The van der Waals surface area contributed by atoms with Crippen LogP contribution in [0.4, 0.5) is 17.6 Å². The molecular weight excluding hydrogens is 604 g/mol. The van der Waals surface area contributed by atoms with Gasteiger partial charge in [-0.05, 0) is 60.9 Å². The van der Waals surface area contributed by atoms with E-state index in [1.807, 2.05) is 30.3 Å². The normalized spacial score (nSPS) is 15.9. The van der Waals surface area contributed by atoms with Gasteiger partial charge >= 0.3 is 6.18 Å². The zero-order valence-corrected chi connectivity index (χ0v) is 24.2. The molecule has 7 nitrogen and oxygen atoms in total. The molecule has 1 N–H and O–H groups in total. The highest BCUT2D eigenvalue weighted by molar-refractivity contribution is 7.98. The Labute approximate surface area is 250 Å². The molecule has 0 aliphatic carbocycles. The van der Waals surface area contributed by atoms with Gasteiger partial charge in [-0.3, -0.25) is 4.79 Å². The Bertz CT molecular complexity index is 1690. The summed E-state index contributed by atoms with van der Waals surface area (Å²) in [5.74, 6) is -0.547. The van der Waals surface area contributed by atoms with Crippen LogP contribution in [0.1, 0.15) is 29.7 Å². The lowest BCUT2D eigenvalue weighted by atomic mass is 10.1. The highest BCUT2D eigenvalue weighted by Crippen LogP contribution is 2.32. The molecule has 4 aromatic rings. The van der Waals surface area contributed by atoms with Gasteiger partial charge in [-0.25, -0.2) is 22.8 Å². The van der Waals surface area contributed by atoms with E-state index in [9.17, 15) is 30.8 Å². The Balaban J connectivity index is 1.35. The number of thioether (sulfide) groups is 1. The van der Waals surface area contributed by atoms with Crippen molar-refractivity contribution < 1.29 is 30.8 Å². The molecule has 0 spiro atoms. The molecule has 1 aliphatic heterocycles. The number of nitrogens with one attached hydrogen (secondary N) is 1. The standard InChI is InChI=1S/C30H26F4N4O3S2/c31-23-12-14-25(15-13-23)43(40,41)38-16-4-7-27(38)28(39)35-18-24-17-26(21-8-10-22(11-9-21)30(32,33)34)37-29(36-24)42-19-20-5-2-1-3-6-20/h1-3,5-6,8-15,17,27H,4,7,16,18-19H2,(H,35,39)/t27-/m0/s1. The summed E-state index contributed by atoms with van der Waals surface area (Å²) >= 11 is 1.34. The Hall–Kier alpha value is -3.81. The SMILES string of the molecule is O=C(NCc1cc(-c2ccc(C(F)(F)F)cc2)nc(SCc2ccccc2)n1)[C@@H]1CCCN1S(=O)(=O)c1ccc(F)cc1. The van der Waals surface area contributed by atoms with E-state index in [2.05, 4.69) is 15.3 Å². The number of hydrogen-bond acceptors (Lipinski definition) is 6. The second kappa shape index (κ2) is 12.8. The molecule has 1 aliphatic rings. The van der Waals surface area contributed by atoms with Crippen molar-refractivity contribution in [1.29, 1.82) is 0 Å². The number of carbonyl (C=O) groups is 1. The summed E-state index contributed by atoms with van der Waals surface area (Å²) < 4.78 is 80.2. The van der Waals surface area contributed by atoms with Gasteiger partial charge in [0, 0.05) is 17.9 Å². The second-order valence-corrected chi connectivity index (χ2v) is 12.7. The van der Waals surface area contributed by atoms with Crippen LogP contribution < -0.4 is 5.32 Å². The van der Waals surface area contributed by atoms with E-state index in [4.69, 9.17) is 0 Å². The van der Waals surface area contributed by atoms with Crippen LogP contribution in [0.5, 0.6) is 0 Å². The topological polar surface area (TPSA) is 92.3 Å². The van der Waals surface area contributed by atoms with Crippen LogP contribution in [0, 0.1) is 5.82 Å². The van der Waals surface area contributed by atoms with Crippen molar-refractivity contribution in [3.05, 3.63) is 108 Å². The highest BCUT2D eigenvalue weighted by atomic mass is 32.2. The predicted molar refractivity (Wildman–Crippen MR) is 154 cm³/mol. The molecule has 1 aromatic heterocycles. The fourth-order valence-corrected chi connectivity index (χ4v) is 7.15. The number of alkyl halides is 3. The van der Waals surface area contributed by atoms with Gasteiger partial charge in [-0.15, -0.1) is 0 Å². The lowest BCUT2D eigenvalue weighted by Gasteiger charge is -2.23. The van der Waals surface area contributed by atoms with E-state index in [1.165, 1.54) is 23.9 Å². The molecule has 0 unspecified atom stereocenters. The molecule has 2 heterocycles. The zero-order valence-electron chi connectivity index (χ0n) is 22.6. The van der Waals surface area contributed by atoms with Gasteiger partial charge in [-0.1, -0.05) is 54.2 Å². The number of nitrogens with zero attached hydrogens (tertiary/aromatic N) is 3. The van der Waals surface area contributed by atoms with Crippen molar-refractivity contribution in [2.75, 3.05) is 6.54 Å². The van der Waals surface area contributed by atoms with Crippen LogP contribution in [0.15, 0.2) is 95.0 Å². The van der Waals surface area contributed by atoms with E-state index in [0.29, 0.717) is 40.7 Å². The Morgan fingerprint density at radius 1 is 0.977 bits per heavy atom. The lowest BCUT2D eigenvalue weighted by molar-refractivity contribution is -0.137. The van der Waals surface area contributed by atoms with Crippen LogP contribution in [0.2, 0.25) is 0 Å². The molecule has 5 rings (SSSR count). The second-order valence-electron chi connectivity index (χ2n) is 9.82. The van der Waals surface area contributed by atoms with E-state index in [1.54, 1.807) is 6.07 Å². The van der Waals surface area contributed by atoms with Gasteiger partial charge in [0.1, 0.15) is 11.9 Å². The quantitative estimate of drug-likeness (QED) is 0.137. The fraction of sp³-hybridized carbons (Fsp3) is 0.233. The monoisotopic (exact) mass is 630 g/mol. The van der Waals surface area contributed by atoms with Crippen LogP contribution in [-0.2, 0) is 33.3 Å². The molecule has 43 heavy (non-hydrogen) atoms.